The third-order valence-corrected chi connectivity index (χ3v) is 10.3. The minimum atomic E-state index is -0.688. The Balaban J connectivity index is 1.18. The Morgan fingerprint density at radius 1 is 0.824 bits per heavy atom. The zero-order valence-electron chi connectivity index (χ0n) is 26.5. The van der Waals surface area contributed by atoms with E-state index in [1.165, 1.54) is 47.4 Å². The van der Waals surface area contributed by atoms with E-state index in [0.717, 1.165) is 26.2 Å². The monoisotopic (exact) mass is 796 g/mol. The SMILES string of the molecule is O=C(Nc1ccc(SC(C(=O)Nc2nc(-c3ccc(Br)cc3)cs2)c2ccccc2)cc1)/C(=C/c1c(F)cccc1Cl)NC(=O)c1ccccc1. The molecule has 0 aliphatic rings. The fourth-order valence-electron chi connectivity index (χ4n) is 4.84. The number of thioether (sulfide) groups is 1. The minimum Gasteiger partial charge on any atom is -0.321 e. The van der Waals surface area contributed by atoms with Crippen molar-refractivity contribution < 1.29 is 18.8 Å². The Hall–Kier alpha value is -5.07. The lowest BCUT2D eigenvalue weighted by molar-refractivity contribution is -0.116. The molecular weight excluding hydrogens is 771 g/mol. The van der Waals surface area contributed by atoms with Crippen molar-refractivity contribution in [3.8, 4) is 11.3 Å². The molecule has 0 bridgehead atoms. The maximum atomic E-state index is 14.7. The number of aromatic nitrogens is 1. The van der Waals surface area contributed by atoms with E-state index in [0.29, 0.717) is 16.4 Å². The van der Waals surface area contributed by atoms with Crippen LogP contribution in [-0.4, -0.2) is 22.7 Å². The number of hydrogen-bond donors (Lipinski definition) is 3. The molecule has 51 heavy (non-hydrogen) atoms. The van der Waals surface area contributed by atoms with Gasteiger partial charge in [-0.05, 0) is 72.3 Å². The largest absolute Gasteiger partial charge is 0.321 e. The van der Waals surface area contributed by atoms with Gasteiger partial charge in [-0.2, -0.15) is 0 Å². The van der Waals surface area contributed by atoms with Crippen LogP contribution >= 0.6 is 50.6 Å². The van der Waals surface area contributed by atoms with Crippen molar-refractivity contribution >= 4 is 85.2 Å². The van der Waals surface area contributed by atoms with Gasteiger partial charge in [-0.1, -0.05) is 94.3 Å². The van der Waals surface area contributed by atoms with E-state index < -0.39 is 22.9 Å². The number of carbonyl (C=O) groups excluding carboxylic acids is 3. The normalized spacial score (nSPS) is 11.8. The molecule has 254 valence electrons. The van der Waals surface area contributed by atoms with Crippen LogP contribution in [-0.2, 0) is 9.59 Å². The fraction of sp³-hybridized carbons (Fsp3) is 0.0256. The van der Waals surface area contributed by atoms with E-state index in [1.54, 1.807) is 54.6 Å². The number of anilines is 2. The Labute approximate surface area is 315 Å². The second-order valence-electron chi connectivity index (χ2n) is 10.9. The summed E-state index contributed by atoms with van der Waals surface area (Å²) in [6.07, 6.45) is 1.20. The van der Waals surface area contributed by atoms with E-state index >= 15 is 0 Å². The van der Waals surface area contributed by atoms with Gasteiger partial charge in [0.2, 0.25) is 5.91 Å². The molecule has 1 unspecified atom stereocenters. The summed E-state index contributed by atoms with van der Waals surface area (Å²) >= 11 is 12.4. The quantitative estimate of drug-likeness (QED) is 0.0896. The molecule has 3 amide bonds. The van der Waals surface area contributed by atoms with E-state index in [9.17, 15) is 18.8 Å². The van der Waals surface area contributed by atoms with Gasteiger partial charge < -0.3 is 16.0 Å². The summed E-state index contributed by atoms with van der Waals surface area (Å²) in [7, 11) is 0. The second-order valence-corrected chi connectivity index (χ2v) is 14.3. The molecule has 6 aromatic rings. The van der Waals surface area contributed by atoms with E-state index in [4.69, 9.17) is 11.6 Å². The molecular formula is C39H27BrClFN4O3S2. The third kappa shape index (κ3) is 9.39. The number of halogens is 3. The maximum absolute atomic E-state index is 14.7. The fourth-order valence-corrected chi connectivity index (χ4v) is 7.07. The number of carbonyl (C=O) groups is 3. The number of rotatable bonds is 11. The second kappa shape index (κ2) is 16.8. The highest BCUT2D eigenvalue weighted by Gasteiger charge is 2.24. The summed E-state index contributed by atoms with van der Waals surface area (Å²) in [5, 5.41) is 10.2. The highest BCUT2D eigenvalue weighted by molar-refractivity contribution is 9.10. The van der Waals surface area contributed by atoms with Crippen LogP contribution in [0.25, 0.3) is 17.3 Å². The number of amides is 3. The standard InChI is InChI=1S/C39H27BrClFN4O3S2/c40-27-16-14-24(15-17-27)34-23-50-39(45-34)46-38(49)35(25-8-3-1-4-9-25)51-29-20-18-28(19-21-29)43-37(48)33(22-30-31(41)12-7-13-32(30)42)44-36(47)26-10-5-2-6-11-26/h1-23,35H,(H,43,48)(H,44,47)(H,45,46,49)/b33-22-. The summed E-state index contributed by atoms with van der Waals surface area (Å²) < 4.78 is 15.7. The number of thiazole rings is 1. The molecule has 0 radical (unpaired) electrons. The summed E-state index contributed by atoms with van der Waals surface area (Å²) in [6, 6.07) is 36.6. The molecule has 0 saturated heterocycles. The van der Waals surface area contributed by atoms with Crippen LogP contribution in [0.1, 0.15) is 26.7 Å². The molecule has 0 spiro atoms. The van der Waals surface area contributed by atoms with Gasteiger partial charge in [-0.15, -0.1) is 23.1 Å². The Morgan fingerprint density at radius 2 is 1.51 bits per heavy atom. The lowest BCUT2D eigenvalue weighted by Gasteiger charge is -2.17. The van der Waals surface area contributed by atoms with Crippen LogP contribution in [0.3, 0.4) is 0 Å². The van der Waals surface area contributed by atoms with Crippen LogP contribution in [0.2, 0.25) is 5.02 Å². The Morgan fingerprint density at radius 3 is 2.20 bits per heavy atom. The molecule has 1 heterocycles. The molecule has 1 aromatic heterocycles. The summed E-state index contributed by atoms with van der Waals surface area (Å²) in [5.74, 6) is -2.13. The van der Waals surface area contributed by atoms with Crippen molar-refractivity contribution in [2.75, 3.05) is 10.6 Å². The summed E-state index contributed by atoms with van der Waals surface area (Å²) in [6.45, 7) is 0. The summed E-state index contributed by atoms with van der Waals surface area (Å²) in [5.41, 5.74) is 2.98. The summed E-state index contributed by atoms with van der Waals surface area (Å²) in [4.78, 5) is 45.5. The minimum absolute atomic E-state index is 0.0445. The van der Waals surface area contributed by atoms with Gasteiger partial charge in [0.1, 0.15) is 16.8 Å². The topological polar surface area (TPSA) is 100 Å². The van der Waals surface area contributed by atoms with Crippen LogP contribution in [0.4, 0.5) is 15.2 Å². The first-order valence-electron chi connectivity index (χ1n) is 15.4. The van der Waals surface area contributed by atoms with Crippen LogP contribution in [0.15, 0.2) is 148 Å². The third-order valence-electron chi connectivity index (χ3n) is 7.40. The van der Waals surface area contributed by atoms with E-state index in [1.807, 2.05) is 60.0 Å². The molecule has 0 saturated carbocycles. The lowest BCUT2D eigenvalue weighted by atomic mass is 10.1. The van der Waals surface area contributed by atoms with Crippen molar-refractivity contribution in [2.45, 2.75) is 10.1 Å². The van der Waals surface area contributed by atoms with Gasteiger partial charge in [0, 0.05) is 37.1 Å². The van der Waals surface area contributed by atoms with Gasteiger partial charge in [0.25, 0.3) is 11.8 Å². The van der Waals surface area contributed by atoms with Gasteiger partial charge in [0.15, 0.2) is 5.13 Å². The molecule has 0 aliphatic heterocycles. The van der Waals surface area contributed by atoms with Crippen LogP contribution in [0.5, 0.6) is 0 Å². The number of nitrogens with zero attached hydrogens (tertiary/aromatic N) is 1. The maximum Gasteiger partial charge on any atom is 0.272 e. The van der Waals surface area contributed by atoms with Crippen molar-refractivity contribution in [3.63, 3.8) is 0 Å². The number of hydrogen-bond acceptors (Lipinski definition) is 6. The molecule has 0 aliphatic carbocycles. The first-order valence-corrected chi connectivity index (χ1v) is 18.3. The van der Waals surface area contributed by atoms with Gasteiger partial charge in [0.05, 0.1) is 10.7 Å². The van der Waals surface area contributed by atoms with Crippen LogP contribution < -0.4 is 16.0 Å². The lowest BCUT2D eigenvalue weighted by Crippen LogP contribution is -2.30. The predicted octanol–water partition coefficient (Wildman–Crippen LogP) is 10.2. The van der Waals surface area contributed by atoms with Gasteiger partial charge in [-0.3, -0.25) is 14.4 Å². The van der Waals surface area contributed by atoms with Gasteiger partial charge in [-0.25, -0.2) is 9.37 Å². The average Bonchev–Trinajstić information content (AvgIpc) is 3.61. The van der Waals surface area contributed by atoms with Crippen molar-refractivity contribution in [1.82, 2.24) is 10.3 Å². The number of benzene rings is 5. The van der Waals surface area contributed by atoms with Crippen LogP contribution in [0, 0.1) is 5.82 Å². The molecule has 12 heteroatoms. The molecule has 0 fully saturated rings. The number of nitrogens with one attached hydrogen (secondary N) is 3. The van der Waals surface area contributed by atoms with Crippen molar-refractivity contribution in [1.29, 1.82) is 0 Å². The Bertz CT molecular complexity index is 2180. The molecule has 7 nitrogen and oxygen atoms in total. The van der Waals surface area contributed by atoms with Crippen molar-refractivity contribution in [2.24, 2.45) is 0 Å². The highest BCUT2D eigenvalue weighted by atomic mass is 79.9. The first-order chi connectivity index (χ1) is 24.7. The zero-order valence-corrected chi connectivity index (χ0v) is 30.5. The molecule has 6 rings (SSSR count). The highest BCUT2D eigenvalue weighted by Crippen LogP contribution is 2.37. The molecule has 5 aromatic carbocycles. The van der Waals surface area contributed by atoms with E-state index in [-0.39, 0.29) is 22.2 Å². The smallest absolute Gasteiger partial charge is 0.272 e. The van der Waals surface area contributed by atoms with Crippen molar-refractivity contribution in [3.05, 3.63) is 170 Å². The Kier molecular flexibility index (Phi) is 11.7. The average molecular weight is 798 g/mol. The first kappa shape index (κ1) is 35.7. The predicted molar refractivity (Wildman–Crippen MR) is 207 cm³/mol. The zero-order chi connectivity index (χ0) is 35.7. The van der Waals surface area contributed by atoms with Gasteiger partial charge >= 0.3 is 0 Å². The molecule has 1 atom stereocenters. The molecule has 3 N–H and O–H groups in total. The van der Waals surface area contributed by atoms with E-state index in [2.05, 4.69) is 36.9 Å².